The Morgan fingerprint density at radius 2 is 2.06 bits per heavy atom. The number of hydrogen-bond donors (Lipinski definition) is 1. The van der Waals surface area contributed by atoms with Crippen LogP contribution in [0.15, 0.2) is 18.2 Å². The highest BCUT2D eigenvalue weighted by Gasteiger charge is 2.21. The summed E-state index contributed by atoms with van der Waals surface area (Å²) in [5, 5.41) is 4.33. The molecule has 0 bridgehead atoms. The topological polar surface area (TPSA) is 29.1 Å². The van der Waals surface area contributed by atoms with Gasteiger partial charge in [-0.05, 0) is 31.0 Å². The van der Waals surface area contributed by atoms with Gasteiger partial charge in [-0.15, -0.1) is 0 Å². The number of carbonyl (C=O) groups is 1. The largest absolute Gasteiger partial charge is 0.384 e. The maximum absolute atomic E-state index is 11.6. The SMILES string of the molecule is O=C1CCCCC1CNc1ccc(Cl)c(Cl)c1. The highest BCUT2D eigenvalue weighted by molar-refractivity contribution is 6.42. The Hall–Kier alpha value is -0.730. The maximum Gasteiger partial charge on any atom is 0.137 e. The van der Waals surface area contributed by atoms with Crippen LogP contribution < -0.4 is 5.32 Å². The molecule has 0 radical (unpaired) electrons. The first kappa shape index (κ1) is 12.7. The first-order chi connectivity index (χ1) is 8.16. The number of benzene rings is 1. The van der Waals surface area contributed by atoms with Crippen LogP contribution in [0.2, 0.25) is 10.0 Å². The lowest BCUT2D eigenvalue weighted by molar-refractivity contribution is -0.124. The molecule has 2 rings (SSSR count). The number of rotatable bonds is 3. The van der Waals surface area contributed by atoms with Gasteiger partial charge in [-0.1, -0.05) is 29.6 Å². The number of carbonyl (C=O) groups excluding carboxylic acids is 1. The molecule has 1 aliphatic rings. The lowest BCUT2D eigenvalue weighted by atomic mass is 9.88. The van der Waals surface area contributed by atoms with Crippen molar-refractivity contribution in [3.63, 3.8) is 0 Å². The lowest BCUT2D eigenvalue weighted by Gasteiger charge is -2.21. The standard InChI is InChI=1S/C13H15Cl2NO/c14-11-6-5-10(7-12(11)15)16-8-9-3-1-2-4-13(9)17/h5-7,9,16H,1-4,8H2. The minimum atomic E-state index is 0.151. The van der Waals surface area contributed by atoms with Gasteiger partial charge in [-0.25, -0.2) is 0 Å². The molecule has 4 heteroatoms. The molecule has 0 saturated heterocycles. The molecule has 0 aliphatic heterocycles. The van der Waals surface area contributed by atoms with Gasteiger partial charge in [0.15, 0.2) is 0 Å². The summed E-state index contributed by atoms with van der Waals surface area (Å²) >= 11 is 11.8. The highest BCUT2D eigenvalue weighted by atomic mass is 35.5. The Morgan fingerprint density at radius 3 is 2.76 bits per heavy atom. The second-order valence-corrected chi connectivity index (χ2v) is 5.23. The van der Waals surface area contributed by atoms with Gasteiger partial charge < -0.3 is 5.32 Å². The van der Waals surface area contributed by atoms with Crippen molar-refractivity contribution in [2.75, 3.05) is 11.9 Å². The average Bonchev–Trinajstić information content (AvgIpc) is 2.32. The molecular formula is C13H15Cl2NO. The maximum atomic E-state index is 11.6. The quantitative estimate of drug-likeness (QED) is 0.894. The predicted molar refractivity (Wildman–Crippen MR) is 71.9 cm³/mol. The Labute approximate surface area is 111 Å². The van der Waals surface area contributed by atoms with Crippen molar-refractivity contribution >= 4 is 34.7 Å². The number of halogens is 2. The zero-order valence-corrected chi connectivity index (χ0v) is 11.0. The fraction of sp³-hybridized carbons (Fsp3) is 0.462. The zero-order chi connectivity index (χ0) is 12.3. The molecule has 0 amide bonds. The van der Waals surface area contributed by atoms with Crippen molar-refractivity contribution < 1.29 is 4.79 Å². The number of hydrogen-bond acceptors (Lipinski definition) is 2. The molecule has 0 heterocycles. The van der Waals surface area contributed by atoms with Crippen LogP contribution in [0.1, 0.15) is 25.7 Å². The summed E-state index contributed by atoms with van der Waals surface area (Å²) in [5.41, 5.74) is 0.915. The third-order valence-corrected chi connectivity index (χ3v) is 3.89. The number of nitrogens with one attached hydrogen (secondary N) is 1. The molecular weight excluding hydrogens is 257 g/mol. The van der Waals surface area contributed by atoms with Gasteiger partial charge in [0.1, 0.15) is 5.78 Å². The summed E-state index contributed by atoms with van der Waals surface area (Å²) in [7, 11) is 0. The molecule has 1 atom stereocenters. The van der Waals surface area contributed by atoms with Gasteiger partial charge >= 0.3 is 0 Å². The third-order valence-electron chi connectivity index (χ3n) is 3.15. The van der Waals surface area contributed by atoms with Crippen molar-refractivity contribution in [2.24, 2.45) is 5.92 Å². The Balaban J connectivity index is 1.92. The van der Waals surface area contributed by atoms with Crippen LogP contribution in [0.4, 0.5) is 5.69 Å². The second-order valence-electron chi connectivity index (χ2n) is 4.42. The number of ketones is 1. The van der Waals surface area contributed by atoms with Gasteiger partial charge in [-0.2, -0.15) is 0 Å². The van der Waals surface area contributed by atoms with Crippen molar-refractivity contribution in [2.45, 2.75) is 25.7 Å². The second kappa shape index (κ2) is 5.74. The molecule has 92 valence electrons. The smallest absolute Gasteiger partial charge is 0.137 e. The van der Waals surface area contributed by atoms with E-state index < -0.39 is 0 Å². The average molecular weight is 272 g/mol. The van der Waals surface area contributed by atoms with Gasteiger partial charge in [-0.3, -0.25) is 4.79 Å². The summed E-state index contributed by atoms with van der Waals surface area (Å²) < 4.78 is 0. The van der Waals surface area contributed by atoms with Crippen molar-refractivity contribution in [1.29, 1.82) is 0 Å². The van der Waals surface area contributed by atoms with E-state index in [1.165, 1.54) is 0 Å². The van der Waals surface area contributed by atoms with Crippen LogP contribution in [-0.2, 0) is 4.79 Å². The zero-order valence-electron chi connectivity index (χ0n) is 9.51. The Morgan fingerprint density at radius 1 is 1.24 bits per heavy atom. The van der Waals surface area contributed by atoms with Gasteiger partial charge in [0.25, 0.3) is 0 Å². The van der Waals surface area contributed by atoms with E-state index in [0.29, 0.717) is 22.4 Å². The fourth-order valence-electron chi connectivity index (χ4n) is 2.12. The summed E-state index contributed by atoms with van der Waals surface area (Å²) in [5.74, 6) is 0.530. The first-order valence-corrected chi connectivity index (χ1v) is 6.64. The first-order valence-electron chi connectivity index (χ1n) is 5.88. The van der Waals surface area contributed by atoms with Gasteiger partial charge in [0.05, 0.1) is 10.0 Å². The summed E-state index contributed by atoms with van der Waals surface area (Å²) in [6, 6.07) is 5.42. The highest BCUT2D eigenvalue weighted by Crippen LogP contribution is 2.26. The minimum Gasteiger partial charge on any atom is -0.384 e. The molecule has 1 fully saturated rings. The van der Waals surface area contributed by atoms with E-state index in [1.54, 1.807) is 12.1 Å². The van der Waals surface area contributed by atoms with Crippen LogP contribution in [0.25, 0.3) is 0 Å². The molecule has 1 unspecified atom stereocenters. The molecule has 2 nitrogen and oxygen atoms in total. The van der Waals surface area contributed by atoms with E-state index in [1.807, 2.05) is 6.07 Å². The molecule has 1 aromatic rings. The van der Waals surface area contributed by atoms with Gasteiger partial charge in [0, 0.05) is 24.6 Å². The number of Topliss-reactive ketones (excluding diaryl/α,β-unsaturated/α-hetero) is 1. The van der Waals surface area contributed by atoms with Crippen molar-refractivity contribution in [3.8, 4) is 0 Å². The number of anilines is 1. The van der Waals surface area contributed by atoms with Crippen LogP contribution in [-0.4, -0.2) is 12.3 Å². The Kier molecular flexibility index (Phi) is 4.30. The molecule has 17 heavy (non-hydrogen) atoms. The lowest BCUT2D eigenvalue weighted by Crippen LogP contribution is -2.26. The van der Waals surface area contributed by atoms with Gasteiger partial charge in [0.2, 0.25) is 0 Å². The van der Waals surface area contributed by atoms with Crippen LogP contribution in [0.5, 0.6) is 0 Å². The molecule has 0 spiro atoms. The van der Waals surface area contributed by atoms with Crippen LogP contribution in [0.3, 0.4) is 0 Å². The summed E-state index contributed by atoms with van der Waals surface area (Å²) in [6.07, 6.45) is 3.92. The minimum absolute atomic E-state index is 0.151. The molecule has 1 aliphatic carbocycles. The third kappa shape index (κ3) is 3.36. The predicted octanol–water partition coefficient (Wildman–Crippen LogP) is 4.16. The van der Waals surface area contributed by atoms with E-state index in [2.05, 4.69) is 5.32 Å². The molecule has 1 saturated carbocycles. The van der Waals surface area contributed by atoms with E-state index in [4.69, 9.17) is 23.2 Å². The van der Waals surface area contributed by atoms with Crippen molar-refractivity contribution in [1.82, 2.24) is 0 Å². The van der Waals surface area contributed by atoms with Crippen LogP contribution >= 0.6 is 23.2 Å². The normalized spacial score (nSPS) is 20.4. The van der Waals surface area contributed by atoms with Crippen molar-refractivity contribution in [3.05, 3.63) is 28.2 Å². The van der Waals surface area contributed by atoms with E-state index >= 15 is 0 Å². The molecule has 1 N–H and O–H groups in total. The molecule has 0 aromatic heterocycles. The van der Waals surface area contributed by atoms with E-state index in [-0.39, 0.29) is 5.92 Å². The summed E-state index contributed by atoms with van der Waals surface area (Å²) in [6.45, 7) is 0.691. The van der Waals surface area contributed by atoms with Crippen LogP contribution in [0, 0.1) is 5.92 Å². The monoisotopic (exact) mass is 271 g/mol. The Bertz CT molecular complexity index is 420. The summed E-state index contributed by atoms with van der Waals surface area (Å²) in [4.78, 5) is 11.6. The van der Waals surface area contributed by atoms with E-state index in [0.717, 1.165) is 31.4 Å². The fourth-order valence-corrected chi connectivity index (χ4v) is 2.42. The molecule has 1 aromatic carbocycles. The van der Waals surface area contributed by atoms with E-state index in [9.17, 15) is 4.79 Å².